The zero-order valence-corrected chi connectivity index (χ0v) is 11.4. The minimum absolute atomic E-state index is 0.120. The van der Waals surface area contributed by atoms with Crippen LogP contribution in [-0.4, -0.2) is 18.3 Å². The predicted molar refractivity (Wildman–Crippen MR) is 75.9 cm³/mol. The van der Waals surface area contributed by atoms with E-state index in [1.807, 2.05) is 44.2 Å². The lowest BCUT2D eigenvalue weighted by atomic mass is 10.0. The number of ether oxygens (including phenoxy) is 2. The maximum Gasteiger partial charge on any atom is 0.123 e. The number of hydrogen-bond acceptors (Lipinski definition) is 3. The molecule has 2 aromatic carbocycles. The zero-order valence-electron chi connectivity index (χ0n) is 11.4. The topological polar surface area (TPSA) is 38.7 Å². The van der Waals surface area contributed by atoms with Crippen LogP contribution >= 0.6 is 0 Å². The second-order valence-electron chi connectivity index (χ2n) is 4.58. The van der Waals surface area contributed by atoms with E-state index >= 15 is 0 Å². The highest BCUT2D eigenvalue weighted by atomic mass is 16.5. The lowest BCUT2D eigenvalue weighted by Crippen LogP contribution is -2.05. The molecule has 0 spiro atoms. The van der Waals surface area contributed by atoms with Crippen molar-refractivity contribution in [2.75, 3.05) is 7.11 Å². The Kier molecular flexibility index (Phi) is 3.95. The van der Waals surface area contributed by atoms with Gasteiger partial charge in [0.05, 0.1) is 13.2 Å². The Balaban J connectivity index is 2.41. The van der Waals surface area contributed by atoms with Crippen LogP contribution < -0.4 is 9.47 Å². The molecule has 0 bridgehead atoms. The van der Waals surface area contributed by atoms with E-state index in [0.29, 0.717) is 5.75 Å². The Hall–Kier alpha value is -2.16. The maximum absolute atomic E-state index is 9.96. The fourth-order valence-electron chi connectivity index (χ4n) is 1.88. The lowest BCUT2D eigenvalue weighted by Gasteiger charge is -2.12. The molecule has 2 rings (SSSR count). The van der Waals surface area contributed by atoms with Gasteiger partial charge in [-0.3, -0.25) is 0 Å². The summed E-state index contributed by atoms with van der Waals surface area (Å²) in [6, 6.07) is 12.8. The van der Waals surface area contributed by atoms with Crippen molar-refractivity contribution in [1.82, 2.24) is 0 Å². The van der Waals surface area contributed by atoms with E-state index in [1.54, 1.807) is 19.2 Å². The van der Waals surface area contributed by atoms with E-state index in [1.165, 1.54) is 0 Å². The van der Waals surface area contributed by atoms with Crippen LogP contribution in [0.25, 0.3) is 11.1 Å². The summed E-state index contributed by atoms with van der Waals surface area (Å²) >= 11 is 0. The minimum atomic E-state index is 0.120. The van der Waals surface area contributed by atoms with Gasteiger partial charge in [-0.25, -0.2) is 0 Å². The molecule has 0 aliphatic rings. The Morgan fingerprint density at radius 2 is 1.79 bits per heavy atom. The number of aromatic hydroxyl groups is 1. The van der Waals surface area contributed by atoms with Crippen molar-refractivity contribution in [2.24, 2.45) is 0 Å². The molecule has 0 saturated carbocycles. The fourth-order valence-corrected chi connectivity index (χ4v) is 1.88. The van der Waals surface area contributed by atoms with Crippen molar-refractivity contribution in [1.29, 1.82) is 0 Å². The minimum Gasteiger partial charge on any atom is -0.507 e. The van der Waals surface area contributed by atoms with Gasteiger partial charge in [0, 0.05) is 5.56 Å². The van der Waals surface area contributed by atoms with Gasteiger partial charge in [-0.15, -0.1) is 0 Å². The van der Waals surface area contributed by atoms with Gasteiger partial charge in [0.25, 0.3) is 0 Å². The average Bonchev–Trinajstić information content (AvgIpc) is 2.39. The Labute approximate surface area is 113 Å². The highest BCUT2D eigenvalue weighted by Gasteiger charge is 2.07. The smallest absolute Gasteiger partial charge is 0.123 e. The highest BCUT2D eigenvalue weighted by molar-refractivity contribution is 5.72. The second-order valence-corrected chi connectivity index (χ2v) is 4.58. The maximum atomic E-state index is 9.96. The first-order chi connectivity index (χ1) is 9.10. The van der Waals surface area contributed by atoms with Crippen molar-refractivity contribution >= 4 is 0 Å². The molecule has 0 fully saturated rings. The Morgan fingerprint density at radius 3 is 2.47 bits per heavy atom. The zero-order chi connectivity index (χ0) is 13.8. The summed E-state index contributed by atoms with van der Waals surface area (Å²) < 4.78 is 10.8. The van der Waals surface area contributed by atoms with Crippen LogP contribution in [0.3, 0.4) is 0 Å². The van der Waals surface area contributed by atoms with Gasteiger partial charge in [-0.1, -0.05) is 12.1 Å². The summed E-state index contributed by atoms with van der Waals surface area (Å²) in [5, 5.41) is 9.96. The molecule has 0 atom stereocenters. The molecule has 100 valence electrons. The number of phenols is 1. The fraction of sp³-hybridized carbons (Fsp3) is 0.250. The summed E-state index contributed by atoms with van der Waals surface area (Å²) in [4.78, 5) is 0. The van der Waals surface area contributed by atoms with Gasteiger partial charge in [0.1, 0.15) is 17.2 Å². The Morgan fingerprint density at radius 1 is 1.00 bits per heavy atom. The molecule has 0 aliphatic carbocycles. The molecule has 0 aromatic heterocycles. The number of phenolic OH excluding ortho intramolecular Hbond substituents is 1. The third-order valence-corrected chi connectivity index (χ3v) is 2.72. The van der Waals surface area contributed by atoms with E-state index in [-0.39, 0.29) is 11.9 Å². The van der Waals surface area contributed by atoms with Crippen LogP contribution in [0.2, 0.25) is 0 Å². The van der Waals surface area contributed by atoms with Crippen LogP contribution in [0.15, 0.2) is 42.5 Å². The first-order valence-corrected chi connectivity index (χ1v) is 6.24. The molecule has 3 nitrogen and oxygen atoms in total. The quantitative estimate of drug-likeness (QED) is 0.905. The average molecular weight is 258 g/mol. The molecular formula is C16H18O3. The first-order valence-electron chi connectivity index (χ1n) is 6.24. The molecule has 0 aliphatic heterocycles. The molecule has 19 heavy (non-hydrogen) atoms. The SMILES string of the molecule is COc1ccc(O)c(-c2cccc(OC(C)C)c2)c1. The molecule has 0 heterocycles. The summed E-state index contributed by atoms with van der Waals surface area (Å²) in [6.07, 6.45) is 0.120. The van der Waals surface area contributed by atoms with Gasteiger partial charge in [0.15, 0.2) is 0 Å². The Bertz CT molecular complexity index is 562. The number of hydrogen-bond donors (Lipinski definition) is 1. The van der Waals surface area contributed by atoms with Crippen molar-refractivity contribution < 1.29 is 14.6 Å². The number of rotatable bonds is 4. The molecule has 3 heteroatoms. The molecule has 2 aromatic rings. The normalized spacial score (nSPS) is 10.5. The van der Waals surface area contributed by atoms with Gasteiger partial charge >= 0.3 is 0 Å². The monoisotopic (exact) mass is 258 g/mol. The summed E-state index contributed by atoms with van der Waals surface area (Å²) in [5.74, 6) is 1.72. The summed E-state index contributed by atoms with van der Waals surface area (Å²) in [7, 11) is 1.61. The molecule has 0 unspecified atom stereocenters. The molecule has 0 radical (unpaired) electrons. The summed E-state index contributed by atoms with van der Waals surface area (Å²) in [6.45, 7) is 3.96. The van der Waals surface area contributed by atoms with Crippen LogP contribution in [-0.2, 0) is 0 Å². The van der Waals surface area contributed by atoms with Crippen molar-refractivity contribution in [2.45, 2.75) is 20.0 Å². The molecule has 1 N–H and O–H groups in total. The van der Waals surface area contributed by atoms with E-state index in [2.05, 4.69) is 0 Å². The predicted octanol–water partition coefficient (Wildman–Crippen LogP) is 3.86. The van der Waals surface area contributed by atoms with Gasteiger partial charge in [-0.05, 0) is 49.7 Å². The van der Waals surface area contributed by atoms with E-state index in [0.717, 1.165) is 16.9 Å². The standard InChI is InChI=1S/C16H18O3/c1-11(2)19-14-6-4-5-12(9-14)15-10-13(18-3)7-8-16(15)17/h4-11,17H,1-3H3. The first kappa shape index (κ1) is 13.3. The van der Waals surface area contributed by atoms with Crippen molar-refractivity contribution in [3.8, 4) is 28.4 Å². The van der Waals surface area contributed by atoms with Crippen LogP contribution in [0.5, 0.6) is 17.2 Å². The van der Waals surface area contributed by atoms with Crippen molar-refractivity contribution in [3.63, 3.8) is 0 Å². The third kappa shape index (κ3) is 3.19. The third-order valence-electron chi connectivity index (χ3n) is 2.72. The lowest BCUT2D eigenvalue weighted by molar-refractivity contribution is 0.242. The highest BCUT2D eigenvalue weighted by Crippen LogP contribution is 2.34. The second kappa shape index (κ2) is 5.65. The van der Waals surface area contributed by atoms with Crippen LogP contribution in [0.1, 0.15) is 13.8 Å². The summed E-state index contributed by atoms with van der Waals surface area (Å²) in [5.41, 5.74) is 1.63. The van der Waals surface area contributed by atoms with E-state index in [9.17, 15) is 5.11 Å². The molecule has 0 saturated heterocycles. The van der Waals surface area contributed by atoms with Crippen molar-refractivity contribution in [3.05, 3.63) is 42.5 Å². The van der Waals surface area contributed by atoms with Gasteiger partial charge < -0.3 is 14.6 Å². The van der Waals surface area contributed by atoms with Crippen LogP contribution in [0, 0.1) is 0 Å². The van der Waals surface area contributed by atoms with E-state index < -0.39 is 0 Å². The molecule has 0 amide bonds. The van der Waals surface area contributed by atoms with Gasteiger partial charge in [-0.2, -0.15) is 0 Å². The largest absolute Gasteiger partial charge is 0.507 e. The van der Waals surface area contributed by atoms with E-state index in [4.69, 9.17) is 9.47 Å². The van der Waals surface area contributed by atoms with Crippen LogP contribution in [0.4, 0.5) is 0 Å². The number of methoxy groups -OCH3 is 1. The number of benzene rings is 2. The molecular weight excluding hydrogens is 240 g/mol. The van der Waals surface area contributed by atoms with Gasteiger partial charge in [0.2, 0.25) is 0 Å².